The van der Waals surface area contributed by atoms with E-state index in [4.69, 9.17) is 17.0 Å². The zero-order valence-electron chi connectivity index (χ0n) is 13.7. The molecule has 0 spiro atoms. The molecule has 0 aliphatic rings. The first-order valence-corrected chi connectivity index (χ1v) is 8.17. The molecule has 3 rings (SSSR count). The first kappa shape index (κ1) is 16.9. The van der Waals surface area contributed by atoms with Crippen LogP contribution in [0.1, 0.15) is 5.56 Å². The largest absolute Gasteiger partial charge is 0.483 e. The number of fused-ring (bicyclic) bond motifs is 1. The van der Waals surface area contributed by atoms with Crippen molar-refractivity contribution in [3.05, 3.63) is 66.4 Å². The zero-order valence-corrected chi connectivity index (χ0v) is 14.5. The van der Waals surface area contributed by atoms with Crippen LogP contribution in [0.3, 0.4) is 0 Å². The third-order valence-corrected chi connectivity index (χ3v) is 3.79. The number of benzene rings is 2. The molecule has 25 heavy (non-hydrogen) atoms. The number of ether oxygens (including phenoxy) is 1. The van der Waals surface area contributed by atoms with Gasteiger partial charge in [-0.1, -0.05) is 36.4 Å². The van der Waals surface area contributed by atoms with Crippen LogP contribution in [0.4, 0.5) is 5.69 Å². The van der Waals surface area contributed by atoms with E-state index in [0.29, 0.717) is 5.75 Å². The van der Waals surface area contributed by atoms with Crippen molar-refractivity contribution in [2.75, 3.05) is 11.9 Å². The minimum Gasteiger partial charge on any atom is -0.483 e. The van der Waals surface area contributed by atoms with Crippen LogP contribution in [-0.4, -0.2) is 22.6 Å². The van der Waals surface area contributed by atoms with E-state index in [0.717, 1.165) is 22.2 Å². The van der Waals surface area contributed by atoms with Gasteiger partial charge in [-0.2, -0.15) is 0 Å². The smallest absolute Gasteiger partial charge is 0.264 e. The number of para-hydroxylation sites is 2. The molecule has 126 valence electrons. The molecule has 1 amide bonds. The fourth-order valence-electron chi connectivity index (χ4n) is 2.38. The number of anilines is 1. The minimum absolute atomic E-state index is 0.111. The number of hydrogen-bond acceptors (Lipinski definition) is 4. The van der Waals surface area contributed by atoms with Crippen molar-refractivity contribution < 1.29 is 9.53 Å². The predicted molar refractivity (Wildman–Crippen MR) is 103 cm³/mol. The Morgan fingerprint density at radius 3 is 2.76 bits per heavy atom. The van der Waals surface area contributed by atoms with E-state index in [-0.39, 0.29) is 17.6 Å². The maximum absolute atomic E-state index is 12.0. The molecule has 0 saturated carbocycles. The van der Waals surface area contributed by atoms with Crippen molar-refractivity contribution in [2.24, 2.45) is 0 Å². The summed E-state index contributed by atoms with van der Waals surface area (Å²) in [6.07, 6.45) is 1.71. The maximum atomic E-state index is 12.0. The van der Waals surface area contributed by atoms with Gasteiger partial charge in [0, 0.05) is 11.6 Å². The summed E-state index contributed by atoms with van der Waals surface area (Å²) in [4.78, 5) is 16.4. The summed E-state index contributed by atoms with van der Waals surface area (Å²) < 4.78 is 5.51. The van der Waals surface area contributed by atoms with Gasteiger partial charge in [-0.15, -0.1) is 0 Å². The van der Waals surface area contributed by atoms with Gasteiger partial charge < -0.3 is 10.1 Å². The van der Waals surface area contributed by atoms with Crippen LogP contribution in [-0.2, 0) is 4.79 Å². The molecule has 0 fully saturated rings. The van der Waals surface area contributed by atoms with E-state index in [1.807, 2.05) is 61.5 Å². The highest BCUT2D eigenvalue weighted by atomic mass is 32.1. The predicted octanol–water partition coefficient (Wildman–Crippen LogP) is 3.44. The van der Waals surface area contributed by atoms with E-state index in [1.165, 1.54) is 0 Å². The molecule has 0 bridgehead atoms. The van der Waals surface area contributed by atoms with Crippen LogP contribution in [0.5, 0.6) is 5.75 Å². The van der Waals surface area contributed by atoms with Gasteiger partial charge in [0.05, 0.1) is 11.2 Å². The molecule has 0 radical (unpaired) electrons. The topological polar surface area (TPSA) is 63.2 Å². The molecule has 0 saturated heterocycles. The van der Waals surface area contributed by atoms with Crippen molar-refractivity contribution in [3.8, 4) is 5.75 Å². The van der Waals surface area contributed by atoms with E-state index in [9.17, 15) is 4.79 Å². The average molecular weight is 351 g/mol. The van der Waals surface area contributed by atoms with Gasteiger partial charge in [0.15, 0.2) is 11.7 Å². The molecule has 0 atom stereocenters. The van der Waals surface area contributed by atoms with Gasteiger partial charge >= 0.3 is 0 Å². The fourth-order valence-corrected chi connectivity index (χ4v) is 2.61. The number of amides is 1. The number of nitrogens with zero attached hydrogens (tertiary/aromatic N) is 1. The highest BCUT2D eigenvalue weighted by molar-refractivity contribution is 7.80. The third-order valence-electron chi connectivity index (χ3n) is 3.59. The highest BCUT2D eigenvalue weighted by Gasteiger charge is 2.09. The molecule has 5 nitrogen and oxygen atoms in total. The van der Waals surface area contributed by atoms with Gasteiger partial charge in [-0.05, 0) is 42.9 Å². The Bertz CT molecular complexity index is 922. The molecule has 1 aromatic heterocycles. The van der Waals surface area contributed by atoms with Crippen LogP contribution in [0.2, 0.25) is 0 Å². The van der Waals surface area contributed by atoms with Crippen molar-refractivity contribution in [1.82, 2.24) is 10.3 Å². The summed E-state index contributed by atoms with van der Waals surface area (Å²) in [6.45, 7) is 1.81. The molecule has 3 aromatic rings. The Morgan fingerprint density at radius 1 is 1.12 bits per heavy atom. The SMILES string of the molecule is Cc1ccccc1OCC(=O)NC(=S)Nc1cccc2cccnc12. The molecule has 1 heterocycles. The lowest BCUT2D eigenvalue weighted by molar-refractivity contribution is -0.121. The summed E-state index contributed by atoms with van der Waals surface area (Å²) >= 11 is 5.21. The van der Waals surface area contributed by atoms with Crippen molar-refractivity contribution in [1.29, 1.82) is 0 Å². The molecule has 2 aromatic carbocycles. The van der Waals surface area contributed by atoms with Gasteiger partial charge in [-0.3, -0.25) is 15.1 Å². The second kappa shape index (κ2) is 7.72. The van der Waals surface area contributed by atoms with Crippen LogP contribution in [0.25, 0.3) is 10.9 Å². The summed E-state index contributed by atoms with van der Waals surface area (Å²) in [7, 11) is 0. The zero-order chi connectivity index (χ0) is 17.6. The van der Waals surface area contributed by atoms with Crippen LogP contribution < -0.4 is 15.4 Å². The normalized spacial score (nSPS) is 10.3. The first-order chi connectivity index (χ1) is 12.1. The second-order valence-electron chi connectivity index (χ2n) is 5.44. The molecule has 2 N–H and O–H groups in total. The number of pyridine rings is 1. The molecule has 0 aliphatic carbocycles. The number of nitrogens with one attached hydrogen (secondary N) is 2. The lowest BCUT2D eigenvalue weighted by Gasteiger charge is -2.12. The lowest BCUT2D eigenvalue weighted by atomic mass is 10.2. The minimum atomic E-state index is -0.325. The quantitative estimate of drug-likeness (QED) is 0.705. The average Bonchev–Trinajstić information content (AvgIpc) is 2.61. The Balaban J connectivity index is 1.58. The monoisotopic (exact) mass is 351 g/mol. The van der Waals surface area contributed by atoms with Gasteiger partial charge in [0.2, 0.25) is 0 Å². The maximum Gasteiger partial charge on any atom is 0.264 e. The first-order valence-electron chi connectivity index (χ1n) is 7.76. The molecular weight excluding hydrogens is 334 g/mol. The van der Waals surface area contributed by atoms with Crippen LogP contribution in [0.15, 0.2) is 60.8 Å². The van der Waals surface area contributed by atoms with Crippen LogP contribution >= 0.6 is 12.2 Å². The van der Waals surface area contributed by atoms with Crippen molar-refractivity contribution >= 4 is 39.8 Å². The number of aromatic nitrogens is 1. The Kier molecular flexibility index (Phi) is 5.20. The number of hydrogen-bond donors (Lipinski definition) is 2. The molecule has 0 aliphatic heterocycles. The summed E-state index contributed by atoms with van der Waals surface area (Å²) in [5.74, 6) is 0.351. The molecular formula is C19H17N3O2S. The second-order valence-corrected chi connectivity index (χ2v) is 5.85. The van der Waals surface area contributed by atoms with Crippen LogP contribution in [0, 0.1) is 6.92 Å². The van der Waals surface area contributed by atoms with E-state index in [2.05, 4.69) is 15.6 Å². The Morgan fingerprint density at radius 2 is 1.92 bits per heavy atom. The lowest BCUT2D eigenvalue weighted by Crippen LogP contribution is -2.37. The Hall–Kier alpha value is -2.99. The summed E-state index contributed by atoms with van der Waals surface area (Å²) in [5, 5.41) is 6.81. The summed E-state index contributed by atoms with van der Waals surface area (Å²) in [6, 6.07) is 17.1. The van der Waals surface area contributed by atoms with Gasteiger partial charge in [0.25, 0.3) is 5.91 Å². The number of carbonyl (C=O) groups is 1. The van der Waals surface area contributed by atoms with Crippen molar-refractivity contribution in [2.45, 2.75) is 6.92 Å². The Labute approximate surface area is 151 Å². The van der Waals surface area contributed by atoms with Crippen molar-refractivity contribution in [3.63, 3.8) is 0 Å². The van der Waals surface area contributed by atoms with Gasteiger partial charge in [-0.25, -0.2) is 0 Å². The van der Waals surface area contributed by atoms with E-state index in [1.54, 1.807) is 6.20 Å². The van der Waals surface area contributed by atoms with E-state index >= 15 is 0 Å². The summed E-state index contributed by atoms with van der Waals surface area (Å²) in [5.41, 5.74) is 2.50. The number of rotatable bonds is 4. The number of carbonyl (C=O) groups excluding carboxylic acids is 1. The highest BCUT2D eigenvalue weighted by Crippen LogP contribution is 2.20. The standard InChI is InChI=1S/C19H17N3O2S/c1-13-6-2-3-10-16(13)24-12-17(23)22-19(25)21-15-9-4-7-14-8-5-11-20-18(14)15/h2-11H,12H2,1H3,(H2,21,22,23,25). The van der Waals surface area contributed by atoms with E-state index < -0.39 is 0 Å². The van der Waals surface area contributed by atoms with Gasteiger partial charge in [0.1, 0.15) is 5.75 Å². The number of thiocarbonyl (C=S) groups is 1. The number of aryl methyl sites for hydroxylation is 1. The molecule has 0 unspecified atom stereocenters. The fraction of sp³-hybridized carbons (Fsp3) is 0.105. The molecule has 6 heteroatoms. The third kappa shape index (κ3) is 4.30.